The summed E-state index contributed by atoms with van der Waals surface area (Å²) < 4.78 is 37.5. The fourth-order valence-electron chi connectivity index (χ4n) is 2.55. The molecule has 0 radical (unpaired) electrons. The van der Waals surface area contributed by atoms with Crippen molar-refractivity contribution in [1.82, 2.24) is 4.31 Å². The first kappa shape index (κ1) is 18.6. The number of fused-ring (bicyclic) bond motifs is 1. The topological polar surface area (TPSA) is 72.9 Å². The zero-order valence-electron chi connectivity index (χ0n) is 14.5. The molecule has 0 saturated heterocycles. The molecule has 0 unspecified atom stereocenters. The van der Waals surface area contributed by atoms with Crippen LogP contribution in [0, 0.1) is 0 Å². The minimum atomic E-state index is -3.94. The monoisotopic (exact) mass is 393 g/mol. The lowest BCUT2D eigenvalue weighted by atomic mass is 10.1. The summed E-state index contributed by atoms with van der Waals surface area (Å²) >= 11 is 1.28. The van der Waals surface area contributed by atoms with Crippen LogP contribution in [0.5, 0.6) is 11.5 Å². The number of rotatable bonds is 7. The molecule has 0 spiro atoms. The Morgan fingerprint density at radius 1 is 1.15 bits per heavy atom. The molecule has 1 aliphatic heterocycles. The van der Waals surface area contributed by atoms with Gasteiger partial charge < -0.3 is 9.47 Å². The molecule has 0 N–H and O–H groups in total. The highest BCUT2D eigenvalue weighted by molar-refractivity contribution is 8.00. The van der Waals surface area contributed by atoms with Gasteiger partial charge in [0.25, 0.3) is 15.9 Å². The molecule has 8 heteroatoms. The van der Waals surface area contributed by atoms with Crippen LogP contribution in [0.25, 0.3) is 0 Å². The number of ether oxygens (including phenoxy) is 2. The molecule has 0 fully saturated rings. The predicted octanol–water partition coefficient (Wildman–Crippen LogP) is 3.38. The Balaban J connectivity index is 1.96. The van der Waals surface area contributed by atoms with Crippen LogP contribution in [0.15, 0.2) is 52.3 Å². The quantitative estimate of drug-likeness (QED) is 0.672. The summed E-state index contributed by atoms with van der Waals surface area (Å²) in [6.07, 6.45) is 0.737. The molecule has 0 saturated carbocycles. The zero-order valence-corrected chi connectivity index (χ0v) is 16.1. The molecule has 0 aromatic heterocycles. The first-order valence-electron chi connectivity index (χ1n) is 8.08. The van der Waals surface area contributed by atoms with Crippen molar-refractivity contribution in [2.24, 2.45) is 0 Å². The van der Waals surface area contributed by atoms with E-state index in [0.717, 1.165) is 15.6 Å². The van der Waals surface area contributed by atoms with Crippen molar-refractivity contribution < 1.29 is 22.7 Å². The van der Waals surface area contributed by atoms with E-state index < -0.39 is 15.9 Å². The van der Waals surface area contributed by atoms with Crippen LogP contribution in [0.1, 0.15) is 23.7 Å². The molecule has 1 heterocycles. The Morgan fingerprint density at radius 3 is 2.54 bits per heavy atom. The Kier molecular flexibility index (Phi) is 5.43. The number of hydrogen-bond acceptors (Lipinski definition) is 6. The SMILES string of the molecule is CCCOc1cc(OC)cc2c1C(=O)N(CSc1ccccc1)S2(=O)=O. The average molecular weight is 393 g/mol. The number of amides is 1. The highest BCUT2D eigenvalue weighted by Crippen LogP contribution is 2.40. The lowest BCUT2D eigenvalue weighted by Gasteiger charge is -2.14. The summed E-state index contributed by atoms with van der Waals surface area (Å²) in [5.41, 5.74) is 0.0768. The second-order valence-electron chi connectivity index (χ2n) is 5.59. The lowest BCUT2D eigenvalue weighted by Crippen LogP contribution is -2.29. The molecule has 0 atom stereocenters. The smallest absolute Gasteiger partial charge is 0.273 e. The van der Waals surface area contributed by atoms with E-state index >= 15 is 0 Å². The van der Waals surface area contributed by atoms with Crippen LogP contribution >= 0.6 is 11.8 Å². The van der Waals surface area contributed by atoms with Gasteiger partial charge in [0.2, 0.25) is 0 Å². The third kappa shape index (κ3) is 3.39. The highest BCUT2D eigenvalue weighted by atomic mass is 32.2. The number of sulfonamides is 1. The van der Waals surface area contributed by atoms with Gasteiger partial charge in [-0.3, -0.25) is 4.79 Å². The van der Waals surface area contributed by atoms with Gasteiger partial charge in [0, 0.05) is 17.0 Å². The van der Waals surface area contributed by atoms with Crippen LogP contribution in [-0.2, 0) is 10.0 Å². The van der Waals surface area contributed by atoms with Gasteiger partial charge in [0.05, 0.1) is 19.6 Å². The molecular weight excluding hydrogens is 374 g/mol. The van der Waals surface area contributed by atoms with Gasteiger partial charge in [-0.25, -0.2) is 12.7 Å². The number of nitrogens with zero attached hydrogens (tertiary/aromatic N) is 1. The van der Waals surface area contributed by atoms with Crippen LogP contribution in [0.3, 0.4) is 0 Å². The fraction of sp³-hybridized carbons (Fsp3) is 0.278. The summed E-state index contributed by atoms with van der Waals surface area (Å²) in [6.45, 7) is 2.31. The Morgan fingerprint density at radius 2 is 1.88 bits per heavy atom. The van der Waals surface area contributed by atoms with Gasteiger partial charge in [0.1, 0.15) is 22.0 Å². The fourth-order valence-corrected chi connectivity index (χ4v) is 5.26. The van der Waals surface area contributed by atoms with Crippen molar-refractivity contribution in [3.05, 3.63) is 48.0 Å². The summed E-state index contributed by atoms with van der Waals surface area (Å²) in [6, 6.07) is 12.2. The standard InChI is InChI=1S/C18H19NO5S2/c1-3-9-24-15-10-13(23-2)11-16-17(15)18(20)19(26(16,21)22)12-25-14-7-5-4-6-8-14/h4-8,10-11H,3,9,12H2,1-2H3. The van der Waals surface area contributed by atoms with Gasteiger partial charge in [0.15, 0.2) is 0 Å². The van der Waals surface area contributed by atoms with Crippen LogP contribution in [-0.4, -0.2) is 38.2 Å². The molecule has 1 amide bonds. The largest absolute Gasteiger partial charge is 0.497 e. The van der Waals surface area contributed by atoms with Gasteiger partial charge >= 0.3 is 0 Å². The van der Waals surface area contributed by atoms with E-state index in [9.17, 15) is 13.2 Å². The van der Waals surface area contributed by atoms with Crippen molar-refractivity contribution in [2.45, 2.75) is 23.1 Å². The maximum absolute atomic E-state index is 12.9. The van der Waals surface area contributed by atoms with Gasteiger partial charge in [-0.2, -0.15) is 0 Å². The summed E-state index contributed by atoms with van der Waals surface area (Å²) in [4.78, 5) is 13.6. The minimum absolute atomic E-state index is 0.00457. The van der Waals surface area contributed by atoms with Crippen LogP contribution in [0.4, 0.5) is 0 Å². The zero-order chi connectivity index (χ0) is 18.7. The molecule has 2 aromatic rings. The number of thioether (sulfide) groups is 1. The van der Waals surface area contributed by atoms with E-state index in [4.69, 9.17) is 9.47 Å². The predicted molar refractivity (Wildman–Crippen MR) is 99.3 cm³/mol. The molecule has 2 aromatic carbocycles. The maximum atomic E-state index is 12.9. The van der Waals surface area contributed by atoms with Crippen molar-refractivity contribution >= 4 is 27.7 Å². The minimum Gasteiger partial charge on any atom is -0.497 e. The average Bonchev–Trinajstić information content (AvgIpc) is 2.84. The molecule has 0 bridgehead atoms. The molecular formula is C18H19NO5S2. The number of benzene rings is 2. The summed E-state index contributed by atoms with van der Waals surface area (Å²) in [5.74, 6) is -0.00183. The van der Waals surface area contributed by atoms with E-state index in [2.05, 4.69) is 0 Å². The first-order chi connectivity index (χ1) is 12.5. The van der Waals surface area contributed by atoms with Crippen LogP contribution < -0.4 is 9.47 Å². The summed E-state index contributed by atoms with van der Waals surface area (Å²) in [7, 11) is -2.50. The van der Waals surface area contributed by atoms with Gasteiger partial charge in [-0.05, 0) is 18.6 Å². The normalized spacial score (nSPS) is 15.0. The number of carbonyl (C=O) groups is 1. The van der Waals surface area contributed by atoms with Crippen molar-refractivity contribution in [1.29, 1.82) is 0 Å². The van der Waals surface area contributed by atoms with E-state index in [1.54, 1.807) is 6.07 Å². The van der Waals surface area contributed by atoms with E-state index in [0.29, 0.717) is 12.4 Å². The molecule has 0 aliphatic carbocycles. The Hall–Kier alpha value is -2.19. The number of methoxy groups -OCH3 is 1. The van der Waals surface area contributed by atoms with E-state index in [1.165, 1.54) is 24.9 Å². The Bertz CT molecular complexity index is 913. The van der Waals surface area contributed by atoms with Crippen molar-refractivity contribution in [2.75, 3.05) is 19.6 Å². The highest BCUT2D eigenvalue weighted by Gasteiger charge is 2.44. The third-order valence-electron chi connectivity index (χ3n) is 3.84. The van der Waals surface area contributed by atoms with Gasteiger partial charge in [-0.1, -0.05) is 25.1 Å². The Labute approximate surface area is 157 Å². The second-order valence-corrected chi connectivity index (χ2v) is 8.44. The summed E-state index contributed by atoms with van der Waals surface area (Å²) in [5, 5.41) is 0. The van der Waals surface area contributed by atoms with Crippen LogP contribution in [0.2, 0.25) is 0 Å². The lowest BCUT2D eigenvalue weighted by molar-refractivity contribution is 0.0883. The molecule has 1 aliphatic rings. The molecule has 138 valence electrons. The van der Waals surface area contributed by atoms with Gasteiger partial charge in [-0.15, -0.1) is 11.8 Å². The number of carbonyl (C=O) groups excluding carboxylic acids is 1. The van der Waals surface area contributed by atoms with Crippen molar-refractivity contribution in [3.8, 4) is 11.5 Å². The van der Waals surface area contributed by atoms with Crippen molar-refractivity contribution in [3.63, 3.8) is 0 Å². The molecule has 26 heavy (non-hydrogen) atoms. The van der Waals surface area contributed by atoms with E-state index in [-0.39, 0.29) is 22.1 Å². The molecule has 6 nitrogen and oxygen atoms in total. The van der Waals surface area contributed by atoms with E-state index in [1.807, 2.05) is 37.3 Å². The second kappa shape index (κ2) is 7.59. The third-order valence-corrected chi connectivity index (χ3v) is 6.75. The maximum Gasteiger partial charge on any atom is 0.273 e. The number of hydrogen-bond donors (Lipinski definition) is 0. The molecule has 3 rings (SSSR count). The first-order valence-corrected chi connectivity index (χ1v) is 10.5.